The number of hydrogen-bond acceptors (Lipinski definition) is 3. The highest BCUT2D eigenvalue weighted by molar-refractivity contribution is 7.17. The highest BCUT2D eigenvalue weighted by Crippen LogP contribution is 2.13. The van der Waals surface area contributed by atoms with E-state index in [1.165, 1.54) is 15.9 Å². The van der Waals surface area contributed by atoms with E-state index in [9.17, 15) is 9.59 Å². The Kier molecular flexibility index (Phi) is 3.00. The van der Waals surface area contributed by atoms with Gasteiger partial charge in [-0.1, -0.05) is 23.7 Å². The Morgan fingerprint density at radius 3 is 2.89 bits per heavy atom. The van der Waals surface area contributed by atoms with E-state index in [1.807, 2.05) is 6.07 Å². The molecule has 0 saturated carbocycles. The Hall–Kier alpha value is -1.85. The van der Waals surface area contributed by atoms with Gasteiger partial charge in [-0.3, -0.25) is 9.36 Å². The summed E-state index contributed by atoms with van der Waals surface area (Å²) in [4.78, 5) is 26.8. The third kappa shape index (κ3) is 2.22. The van der Waals surface area contributed by atoms with Gasteiger partial charge in [-0.15, -0.1) is 11.3 Å². The van der Waals surface area contributed by atoms with E-state index in [-0.39, 0.29) is 12.1 Å². The lowest BCUT2D eigenvalue weighted by Crippen LogP contribution is -2.34. The van der Waals surface area contributed by atoms with E-state index < -0.39 is 5.69 Å². The number of fused-ring (bicyclic) bond motifs is 1. The maximum absolute atomic E-state index is 12.2. The minimum absolute atomic E-state index is 0.211. The largest absolute Gasteiger partial charge is 0.329 e. The van der Waals surface area contributed by atoms with Crippen molar-refractivity contribution in [3.8, 4) is 0 Å². The van der Waals surface area contributed by atoms with E-state index >= 15 is 0 Å². The lowest BCUT2D eigenvalue weighted by atomic mass is 10.2. The van der Waals surface area contributed by atoms with Crippen LogP contribution >= 0.6 is 22.9 Å². The van der Waals surface area contributed by atoms with Crippen molar-refractivity contribution in [2.75, 3.05) is 0 Å². The molecule has 0 fully saturated rings. The van der Waals surface area contributed by atoms with Crippen LogP contribution in [0.3, 0.4) is 0 Å². The van der Waals surface area contributed by atoms with Crippen molar-refractivity contribution in [2.24, 2.45) is 0 Å². The van der Waals surface area contributed by atoms with Crippen LogP contribution in [0.5, 0.6) is 0 Å². The van der Waals surface area contributed by atoms with Crippen LogP contribution in [0.25, 0.3) is 10.2 Å². The van der Waals surface area contributed by atoms with Gasteiger partial charge in [-0.05, 0) is 29.1 Å². The van der Waals surface area contributed by atoms with Crippen molar-refractivity contribution in [1.82, 2.24) is 9.55 Å². The van der Waals surface area contributed by atoms with Crippen LogP contribution in [-0.2, 0) is 6.54 Å². The second-order valence-corrected chi connectivity index (χ2v) is 5.47. The average Bonchev–Trinajstić information content (AvgIpc) is 2.83. The maximum Gasteiger partial charge on any atom is 0.329 e. The fourth-order valence-corrected chi connectivity index (χ4v) is 2.94. The van der Waals surface area contributed by atoms with Crippen molar-refractivity contribution in [1.29, 1.82) is 0 Å². The van der Waals surface area contributed by atoms with Gasteiger partial charge in [0.1, 0.15) is 4.70 Å². The van der Waals surface area contributed by atoms with Crippen LogP contribution in [0.4, 0.5) is 0 Å². The second kappa shape index (κ2) is 4.68. The summed E-state index contributed by atoms with van der Waals surface area (Å²) in [5.74, 6) is 0. The normalized spacial score (nSPS) is 11.0. The van der Waals surface area contributed by atoms with Crippen LogP contribution in [0.1, 0.15) is 5.56 Å². The van der Waals surface area contributed by atoms with Crippen molar-refractivity contribution in [3.63, 3.8) is 0 Å². The van der Waals surface area contributed by atoms with Crippen LogP contribution in [0.15, 0.2) is 45.3 Å². The summed E-state index contributed by atoms with van der Waals surface area (Å²) >= 11 is 7.22. The summed E-state index contributed by atoms with van der Waals surface area (Å²) in [6.45, 7) is 0.211. The molecule has 19 heavy (non-hydrogen) atoms. The predicted molar refractivity (Wildman–Crippen MR) is 77.3 cm³/mol. The first-order chi connectivity index (χ1) is 9.15. The molecule has 3 rings (SSSR count). The quantitative estimate of drug-likeness (QED) is 0.789. The Morgan fingerprint density at radius 2 is 2.11 bits per heavy atom. The summed E-state index contributed by atoms with van der Waals surface area (Å²) in [6.07, 6.45) is 0. The molecule has 0 amide bonds. The molecule has 0 radical (unpaired) electrons. The third-order valence-corrected chi connectivity index (χ3v) is 3.96. The Bertz CT molecular complexity index is 863. The molecular weight excluding hydrogens is 284 g/mol. The molecule has 0 aliphatic heterocycles. The number of aromatic nitrogens is 2. The zero-order valence-electron chi connectivity index (χ0n) is 9.72. The maximum atomic E-state index is 12.2. The number of thiophene rings is 1. The number of nitrogens with one attached hydrogen (secondary N) is 1. The van der Waals surface area contributed by atoms with E-state index in [1.54, 1.807) is 29.6 Å². The molecule has 0 aliphatic rings. The highest BCUT2D eigenvalue weighted by atomic mass is 35.5. The topological polar surface area (TPSA) is 54.9 Å². The number of benzene rings is 1. The molecule has 4 nitrogen and oxygen atoms in total. The van der Waals surface area contributed by atoms with Gasteiger partial charge in [0.15, 0.2) is 0 Å². The van der Waals surface area contributed by atoms with Crippen LogP contribution in [0, 0.1) is 0 Å². The lowest BCUT2D eigenvalue weighted by Gasteiger charge is -2.05. The first-order valence-corrected chi connectivity index (χ1v) is 6.86. The predicted octanol–water partition coefficient (Wildman–Crippen LogP) is 2.45. The molecule has 96 valence electrons. The number of nitrogens with zero attached hydrogens (tertiary/aromatic N) is 1. The van der Waals surface area contributed by atoms with Gasteiger partial charge in [0.05, 0.1) is 12.1 Å². The summed E-state index contributed by atoms with van der Waals surface area (Å²) < 4.78 is 1.74. The first-order valence-electron chi connectivity index (χ1n) is 5.60. The van der Waals surface area contributed by atoms with E-state index in [4.69, 9.17) is 11.6 Å². The van der Waals surface area contributed by atoms with Crippen LogP contribution in [0.2, 0.25) is 5.02 Å². The van der Waals surface area contributed by atoms with Gasteiger partial charge in [-0.2, -0.15) is 0 Å². The molecule has 2 aromatic heterocycles. The fourth-order valence-electron chi connectivity index (χ4n) is 1.93. The number of rotatable bonds is 2. The van der Waals surface area contributed by atoms with Crippen molar-refractivity contribution >= 4 is 33.2 Å². The molecule has 0 bridgehead atoms. The molecule has 2 heterocycles. The summed E-state index contributed by atoms with van der Waals surface area (Å²) in [5, 5.41) is 2.37. The van der Waals surface area contributed by atoms with Crippen molar-refractivity contribution < 1.29 is 0 Å². The van der Waals surface area contributed by atoms with Crippen LogP contribution in [-0.4, -0.2) is 9.55 Å². The molecule has 1 aromatic carbocycles. The van der Waals surface area contributed by atoms with Gasteiger partial charge < -0.3 is 4.98 Å². The molecule has 0 unspecified atom stereocenters. The summed E-state index contributed by atoms with van der Waals surface area (Å²) in [7, 11) is 0. The lowest BCUT2D eigenvalue weighted by molar-refractivity contribution is 0.713. The molecule has 6 heteroatoms. The van der Waals surface area contributed by atoms with Gasteiger partial charge in [-0.25, -0.2) is 4.79 Å². The minimum atomic E-state index is -0.407. The van der Waals surface area contributed by atoms with Crippen LogP contribution < -0.4 is 11.2 Å². The number of aromatic amines is 1. The van der Waals surface area contributed by atoms with Gasteiger partial charge >= 0.3 is 5.69 Å². The Labute approximate surface area is 116 Å². The number of hydrogen-bond donors (Lipinski definition) is 1. The standard InChI is InChI=1S/C13H9ClN2O2S/c14-9-3-1-2-8(6-9)7-16-12(17)11-10(4-5-19-11)15-13(16)18/h1-6H,7H2,(H,15,18). The monoisotopic (exact) mass is 292 g/mol. The Morgan fingerprint density at radius 1 is 1.26 bits per heavy atom. The third-order valence-electron chi connectivity index (χ3n) is 2.82. The Balaban J connectivity index is 2.15. The highest BCUT2D eigenvalue weighted by Gasteiger charge is 2.09. The van der Waals surface area contributed by atoms with Crippen molar-refractivity contribution in [2.45, 2.75) is 6.54 Å². The van der Waals surface area contributed by atoms with E-state index in [0.29, 0.717) is 15.2 Å². The molecule has 0 atom stereocenters. The summed E-state index contributed by atoms with van der Waals surface area (Å²) in [6, 6.07) is 8.84. The zero-order chi connectivity index (χ0) is 13.4. The smallest absolute Gasteiger partial charge is 0.306 e. The van der Waals surface area contributed by atoms with E-state index in [2.05, 4.69) is 4.98 Å². The first kappa shape index (κ1) is 12.2. The molecule has 0 spiro atoms. The minimum Gasteiger partial charge on any atom is -0.306 e. The molecule has 3 aromatic rings. The van der Waals surface area contributed by atoms with Crippen molar-refractivity contribution in [3.05, 3.63) is 67.1 Å². The zero-order valence-corrected chi connectivity index (χ0v) is 11.3. The molecular formula is C13H9ClN2O2S. The molecule has 1 N–H and O–H groups in total. The van der Waals surface area contributed by atoms with Gasteiger partial charge in [0, 0.05) is 5.02 Å². The fraction of sp³-hybridized carbons (Fsp3) is 0.0769. The second-order valence-electron chi connectivity index (χ2n) is 4.11. The number of halogens is 1. The molecule has 0 saturated heterocycles. The molecule has 0 aliphatic carbocycles. The SMILES string of the molecule is O=c1[nH]c2ccsc2c(=O)n1Cc1cccc(Cl)c1. The van der Waals surface area contributed by atoms with Gasteiger partial charge in [0.2, 0.25) is 0 Å². The number of H-pyrrole nitrogens is 1. The van der Waals surface area contributed by atoms with Gasteiger partial charge in [0.25, 0.3) is 5.56 Å². The summed E-state index contributed by atoms with van der Waals surface area (Å²) in [5.41, 5.74) is 0.725. The van der Waals surface area contributed by atoms with E-state index in [0.717, 1.165) is 5.56 Å². The average molecular weight is 293 g/mol.